The normalized spacial score (nSPS) is 23.4. The molecule has 2 N–H and O–H groups in total. The molecular weight excluding hydrogens is 174 g/mol. The summed E-state index contributed by atoms with van der Waals surface area (Å²) in [5.74, 6) is 0.850. The van der Waals surface area contributed by atoms with Crippen LogP contribution in [0, 0.1) is 5.92 Å². The Labute approximate surface area is 88.1 Å². The molecule has 0 aromatic carbocycles. The Hall–Kier alpha value is -0.0800. The van der Waals surface area contributed by atoms with E-state index in [1.807, 2.05) is 0 Å². The van der Waals surface area contributed by atoms with E-state index < -0.39 is 0 Å². The van der Waals surface area contributed by atoms with Gasteiger partial charge in [-0.1, -0.05) is 26.2 Å². The fraction of sp³-hybridized carbons (Fsp3) is 1.00. The minimum absolute atomic E-state index is 0.252. The zero-order valence-electron chi connectivity index (χ0n) is 9.63. The molecule has 1 rings (SSSR count). The largest absolute Gasteiger partial charge is 0.395 e. The third kappa shape index (κ3) is 3.58. The molecule has 0 saturated heterocycles. The predicted octanol–water partition coefficient (Wildman–Crippen LogP) is 2.32. The molecule has 2 atom stereocenters. The summed E-state index contributed by atoms with van der Waals surface area (Å²) in [4.78, 5) is 0. The molecule has 0 aromatic rings. The molecular formula is C12H25NO. The van der Waals surface area contributed by atoms with Crippen LogP contribution < -0.4 is 5.32 Å². The van der Waals surface area contributed by atoms with Crippen molar-refractivity contribution < 1.29 is 5.11 Å². The molecule has 1 fully saturated rings. The highest BCUT2D eigenvalue weighted by Crippen LogP contribution is 2.27. The topological polar surface area (TPSA) is 32.3 Å². The Morgan fingerprint density at radius 1 is 1.29 bits per heavy atom. The lowest BCUT2D eigenvalue weighted by Crippen LogP contribution is -2.43. The summed E-state index contributed by atoms with van der Waals surface area (Å²) in [6, 6.07) is 0.874. The first-order chi connectivity index (χ1) is 6.77. The van der Waals surface area contributed by atoms with Gasteiger partial charge in [-0.3, -0.25) is 0 Å². The Morgan fingerprint density at radius 2 is 1.93 bits per heavy atom. The van der Waals surface area contributed by atoms with Gasteiger partial charge < -0.3 is 10.4 Å². The molecule has 1 unspecified atom stereocenters. The quantitative estimate of drug-likeness (QED) is 0.712. The van der Waals surface area contributed by atoms with E-state index in [1.54, 1.807) is 0 Å². The maximum absolute atomic E-state index is 9.02. The Bertz CT molecular complexity index is 143. The number of rotatable bonds is 5. The third-order valence-corrected chi connectivity index (χ3v) is 3.43. The Balaban J connectivity index is 2.35. The fourth-order valence-electron chi connectivity index (χ4n) is 2.54. The Kier molecular flexibility index (Phi) is 5.49. The summed E-state index contributed by atoms with van der Waals surface area (Å²) in [5, 5.41) is 12.6. The first-order valence-electron chi connectivity index (χ1n) is 6.14. The van der Waals surface area contributed by atoms with Gasteiger partial charge in [-0.05, 0) is 32.1 Å². The predicted molar refractivity (Wildman–Crippen MR) is 60.3 cm³/mol. The van der Waals surface area contributed by atoms with Gasteiger partial charge in [0.25, 0.3) is 0 Å². The van der Waals surface area contributed by atoms with E-state index in [0.717, 1.165) is 5.92 Å². The van der Waals surface area contributed by atoms with Gasteiger partial charge in [-0.25, -0.2) is 0 Å². The SMILES string of the molecule is CCC(N[C@@H](C)CO)C1CCCCC1. The zero-order valence-corrected chi connectivity index (χ0v) is 9.63. The van der Waals surface area contributed by atoms with E-state index in [9.17, 15) is 0 Å². The molecule has 14 heavy (non-hydrogen) atoms. The van der Waals surface area contributed by atoms with Crippen LogP contribution in [-0.2, 0) is 0 Å². The average Bonchev–Trinajstić information content (AvgIpc) is 2.26. The van der Waals surface area contributed by atoms with Crippen molar-refractivity contribution in [2.45, 2.75) is 64.5 Å². The number of nitrogens with one attached hydrogen (secondary N) is 1. The molecule has 1 aliphatic rings. The molecule has 0 spiro atoms. The molecule has 0 heterocycles. The molecule has 0 radical (unpaired) electrons. The molecule has 2 nitrogen and oxygen atoms in total. The highest BCUT2D eigenvalue weighted by molar-refractivity contribution is 4.80. The summed E-state index contributed by atoms with van der Waals surface area (Å²) in [5.41, 5.74) is 0. The number of hydrogen-bond donors (Lipinski definition) is 2. The minimum Gasteiger partial charge on any atom is -0.395 e. The van der Waals surface area contributed by atoms with Gasteiger partial charge in [0.1, 0.15) is 0 Å². The van der Waals surface area contributed by atoms with Crippen LogP contribution in [0.3, 0.4) is 0 Å². The highest BCUT2D eigenvalue weighted by atomic mass is 16.3. The number of aliphatic hydroxyl groups excluding tert-OH is 1. The first kappa shape index (κ1) is 12.0. The van der Waals surface area contributed by atoms with Crippen LogP contribution in [0.4, 0.5) is 0 Å². The second-order valence-electron chi connectivity index (χ2n) is 4.66. The van der Waals surface area contributed by atoms with E-state index in [1.165, 1.54) is 38.5 Å². The third-order valence-electron chi connectivity index (χ3n) is 3.43. The average molecular weight is 199 g/mol. The van der Waals surface area contributed by atoms with Gasteiger partial charge in [0.2, 0.25) is 0 Å². The van der Waals surface area contributed by atoms with Crippen molar-refractivity contribution in [2.75, 3.05) is 6.61 Å². The van der Waals surface area contributed by atoms with Crippen molar-refractivity contribution in [2.24, 2.45) is 5.92 Å². The summed E-state index contributed by atoms with van der Waals surface area (Å²) < 4.78 is 0. The number of hydrogen-bond acceptors (Lipinski definition) is 2. The lowest BCUT2D eigenvalue weighted by Gasteiger charge is -2.32. The van der Waals surface area contributed by atoms with Crippen molar-refractivity contribution in [3.63, 3.8) is 0 Å². The molecule has 1 aliphatic carbocycles. The van der Waals surface area contributed by atoms with E-state index in [4.69, 9.17) is 5.11 Å². The number of aliphatic hydroxyl groups is 1. The van der Waals surface area contributed by atoms with Gasteiger partial charge in [0, 0.05) is 12.1 Å². The second kappa shape index (κ2) is 6.41. The maximum Gasteiger partial charge on any atom is 0.0582 e. The van der Waals surface area contributed by atoms with Gasteiger partial charge in [-0.2, -0.15) is 0 Å². The van der Waals surface area contributed by atoms with E-state index in [-0.39, 0.29) is 12.6 Å². The van der Waals surface area contributed by atoms with Crippen LogP contribution in [0.5, 0.6) is 0 Å². The van der Waals surface area contributed by atoms with Crippen LogP contribution in [0.15, 0.2) is 0 Å². The van der Waals surface area contributed by atoms with E-state index in [0.29, 0.717) is 6.04 Å². The van der Waals surface area contributed by atoms with Crippen molar-refractivity contribution in [3.05, 3.63) is 0 Å². The lowest BCUT2D eigenvalue weighted by molar-refractivity contribution is 0.201. The summed E-state index contributed by atoms with van der Waals surface area (Å²) in [6.07, 6.45) is 8.16. The lowest BCUT2D eigenvalue weighted by atomic mass is 9.82. The minimum atomic E-state index is 0.252. The van der Waals surface area contributed by atoms with Crippen molar-refractivity contribution in [3.8, 4) is 0 Å². The van der Waals surface area contributed by atoms with Gasteiger partial charge in [0.05, 0.1) is 6.61 Å². The van der Waals surface area contributed by atoms with Gasteiger partial charge in [0.15, 0.2) is 0 Å². The molecule has 84 valence electrons. The molecule has 0 bridgehead atoms. The maximum atomic E-state index is 9.02. The van der Waals surface area contributed by atoms with Gasteiger partial charge >= 0.3 is 0 Å². The van der Waals surface area contributed by atoms with Crippen molar-refractivity contribution >= 4 is 0 Å². The molecule has 0 aromatic heterocycles. The second-order valence-corrected chi connectivity index (χ2v) is 4.66. The van der Waals surface area contributed by atoms with Crippen LogP contribution in [0.25, 0.3) is 0 Å². The monoisotopic (exact) mass is 199 g/mol. The van der Waals surface area contributed by atoms with Crippen molar-refractivity contribution in [1.82, 2.24) is 5.32 Å². The van der Waals surface area contributed by atoms with Crippen LogP contribution in [-0.4, -0.2) is 23.8 Å². The first-order valence-corrected chi connectivity index (χ1v) is 6.14. The summed E-state index contributed by atoms with van der Waals surface area (Å²) in [7, 11) is 0. The molecule has 0 aliphatic heterocycles. The van der Waals surface area contributed by atoms with E-state index >= 15 is 0 Å². The van der Waals surface area contributed by atoms with Crippen LogP contribution in [0.1, 0.15) is 52.4 Å². The van der Waals surface area contributed by atoms with Crippen molar-refractivity contribution in [1.29, 1.82) is 0 Å². The molecule has 2 heteroatoms. The van der Waals surface area contributed by atoms with Gasteiger partial charge in [-0.15, -0.1) is 0 Å². The molecule has 1 saturated carbocycles. The fourth-order valence-corrected chi connectivity index (χ4v) is 2.54. The van der Waals surface area contributed by atoms with E-state index in [2.05, 4.69) is 19.2 Å². The van der Waals surface area contributed by atoms with Crippen LogP contribution in [0.2, 0.25) is 0 Å². The summed E-state index contributed by atoms with van der Waals surface area (Å²) in [6.45, 7) is 4.56. The van der Waals surface area contributed by atoms with Crippen LogP contribution >= 0.6 is 0 Å². The summed E-state index contributed by atoms with van der Waals surface area (Å²) >= 11 is 0. The molecule has 0 amide bonds. The zero-order chi connectivity index (χ0) is 10.4. The Morgan fingerprint density at radius 3 is 2.43 bits per heavy atom. The standard InChI is InChI=1S/C12H25NO/c1-3-12(13-10(2)9-14)11-7-5-4-6-8-11/h10-14H,3-9H2,1-2H3/t10-,12?/m0/s1. The highest BCUT2D eigenvalue weighted by Gasteiger charge is 2.22. The smallest absolute Gasteiger partial charge is 0.0582 e.